The van der Waals surface area contributed by atoms with Crippen LogP contribution >= 0.6 is 0 Å². The summed E-state index contributed by atoms with van der Waals surface area (Å²) in [6.07, 6.45) is -3.98. The highest BCUT2D eigenvalue weighted by Crippen LogP contribution is 2.41. The molecule has 0 bridgehead atoms. The predicted molar refractivity (Wildman–Crippen MR) is 140 cm³/mol. The van der Waals surface area contributed by atoms with E-state index in [1.54, 1.807) is 20.8 Å². The second-order valence-electron chi connectivity index (χ2n) is 13.0. The molecule has 220 valence electrons. The van der Waals surface area contributed by atoms with Crippen molar-refractivity contribution in [1.29, 1.82) is 0 Å². The van der Waals surface area contributed by atoms with Crippen LogP contribution in [0.4, 0.5) is 18.0 Å². The normalized spacial score (nSPS) is 23.5. The van der Waals surface area contributed by atoms with Crippen LogP contribution in [0.3, 0.4) is 0 Å². The maximum Gasteiger partial charge on any atom is 0.416 e. The minimum Gasteiger partial charge on any atom is -0.465 e. The Labute approximate surface area is 229 Å². The maximum absolute atomic E-state index is 13.4. The van der Waals surface area contributed by atoms with Gasteiger partial charge in [0, 0.05) is 31.2 Å². The van der Waals surface area contributed by atoms with E-state index < -0.39 is 45.2 Å². The third-order valence-corrected chi connectivity index (χ3v) is 9.37. The molecule has 1 heterocycles. The zero-order valence-electron chi connectivity index (χ0n) is 23.4. The van der Waals surface area contributed by atoms with Crippen molar-refractivity contribution in [2.24, 2.45) is 23.2 Å². The predicted octanol–water partition coefficient (Wildman–Crippen LogP) is 5.05. The molecule has 1 aliphatic carbocycles. The van der Waals surface area contributed by atoms with Gasteiger partial charge >= 0.3 is 12.3 Å². The van der Waals surface area contributed by atoms with Gasteiger partial charge < -0.3 is 10.4 Å². The number of amides is 2. The smallest absolute Gasteiger partial charge is 0.416 e. The molecule has 0 unspecified atom stereocenters. The van der Waals surface area contributed by atoms with Crippen LogP contribution in [-0.2, 0) is 21.0 Å². The van der Waals surface area contributed by atoms with Crippen molar-refractivity contribution in [2.45, 2.75) is 83.5 Å². The van der Waals surface area contributed by atoms with Gasteiger partial charge in [0.05, 0.1) is 16.4 Å². The molecule has 2 N–H and O–H groups in total. The van der Waals surface area contributed by atoms with E-state index in [1.807, 2.05) is 20.8 Å². The van der Waals surface area contributed by atoms with Crippen LogP contribution < -0.4 is 5.32 Å². The lowest BCUT2D eigenvalue weighted by molar-refractivity contribution is -0.139. The van der Waals surface area contributed by atoms with Crippen molar-refractivity contribution in [3.8, 4) is 0 Å². The molecule has 1 saturated heterocycles. The number of alkyl halides is 3. The average molecular weight is 576 g/mol. The summed E-state index contributed by atoms with van der Waals surface area (Å²) in [6.45, 7) is 11.6. The monoisotopic (exact) mass is 575 g/mol. The van der Waals surface area contributed by atoms with Crippen molar-refractivity contribution < 1.29 is 36.3 Å². The van der Waals surface area contributed by atoms with E-state index in [0.29, 0.717) is 12.5 Å². The summed E-state index contributed by atoms with van der Waals surface area (Å²) in [5, 5.41) is 13.2. The number of sulfonamides is 1. The number of carbonyl (C=O) groups excluding carboxylic acids is 1. The number of carbonyl (C=O) groups is 2. The Morgan fingerprint density at radius 1 is 1.10 bits per heavy atom. The van der Waals surface area contributed by atoms with Crippen LogP contribution in [0.2, 0.25) is 0 Å². The van der Waals surface area contributed by atoms with Gasteiger partial charge in [0.25, 0.3) is 0 Å². The number of imide groups is 1. The quantitative estimate of drug-likeness (QED) is 0.471. The molecule has 39 heavy (non-hydrogen) atoms. The number of rotatable bonds is 7. The van der Waals surface area contributed by atoms with Crippen molar-refractivity contribution in [1.82, 2.24) is 14.5 Å². The van der Waals surface area contributed by atoms with Crippen molar-refractivity contribution in [3.63, 3.8) is 0 Å². The first-order valence-electron chi connectivity index (χ1n) is 13.2. The fraction of sp³-hybridized carbons (Fsp3) is 0.704. The van der Waals surface area contributed by atoms with Crippen LogP contribution in [-0.4, -0.2) is 65.9 Å². The molecule has 0 spiro atoms. The lowest BCUT2D eigenvalue weighted by Gasteiger charge is -2.36. The summed E-state index contributed by atoms with van der Waals surface area (Å²) in [7, 11) is -4.11. The van der Waals surface area contributed by atoms with Gasteiger partial charge in [-0.25, -0.2) is 18.1 Å². The maximum atomic E-state index is 13.4. The number of hydrogen-bond donors (Lipinski definition) is 2. The van der Waals surface area contributed by atoms with Gasteiger partial charge in [-0.2, -0.15) is 17.5 Å². The topological polar surface area (TPSA) is 107 Å². The molecule has 4 atom stereocenters. The minimum absolute atomic E-state index is 0.0462. The van der Waals surface area contributed by atoms with E-state index in [-0.39, 0.29) is 47.8 Å². The average Bonchev–Trinajstić information content (AvgIpc) is 3.36. The molecule has 0 aromatic heterocycles. The summed E-state index contributed by atoms with van der Waals surface area (Å²) < 4.78 is 67.2. The lowest BCUT2D eigenvalue weighted by atomic mass is 9.83. The minimum atomic E-state index is -4.65. The van der Waals surface area contributed by atoms with Gasteiger partial charge in [-0.3, -0.25) is 4.79 Å². The number of carboxylic acid groups (broad SMARTS) is 1. The molecule has 8 nitrogen and oxygen atoms in total. The molecule has 1 aliphatic heterocycles. The van der Waals surface area contributed by atoms with Crippen molar-refractivity contribution >= 4 is 22.0 Å². The Morgan fingerprint density at radius 3 is 2.28 bits per heavy atom. The third-order valence-electron chi connectivity index (χ3n) is 7.54. The van der Waals surface area contributed by atoms with Gasteiger partial charge in [0.1, 0.15) is 0 Å². The Morgan fingerprint density at radius 2 is 1.74 bits per heavy atom. The number of fused-ring (bicyclic) bond motifs is 1. The molecular formula is C27H40F3N3O5S. The number of hydrogen-bond acceptors (Lipinski definition) is 5. The zero-order valence-corrected chi connectivity index (χ0v) is 24.2. The Bertz CT molecular complexity index is 1170. The summed E-state index contributed by atoms with van der Waals surface area (Å²) in [6, 6.07) is 3.70. The Hall–Kier alpha value is -2.18. The fourth-order valence-corrected chi connectivity index (χ4v) is 7.41. The molecule has 2 amide bonds. The fourth-order valence-electron chi connectivity index (χ4n) is 5.83. The summed E-state index contributed by atoms with van der Waals surface area (Å²) in [4.78, 5) is 25.9. The standard InChI is InChI=1S/C27H40F3N3O5S/c1-25(2,3)13-18(23(34)33(24(35)36)26(4,5)6)14-31-22-11-10-17-15-32(16-21(17)22)39(37,38)20-9-7-8-19(12-20)27(28,29)30/h7-9,12,17-18,21-22,31H,10-11,13-16H2,1-6H3,(H,35,36)/t17-,18+,21+,22+/m1/s1. The number of halogens is 3. The first-order chi connectivity index (χ1) is 17.7. The molecular weight excluding hydrogens is 535 g/mol. The summed E-state index contributed by atoms with van der Waals surface area (Å²) in [5.41, 5.74) is -2.17. The first kappa shape index (κ1) is 31.3. The van der Waals surface area contributed by atoms with Gasteiger partial charge in [0.15, 0.2) is 0 Å². The van der Waals surface area contributed by atoms with E-state index in [2.05, 4.69) is 5.32 Å². The van der Waals surface area contributed by atoms with Crippen LogP contribution in [0.25, 0.3) is 0 Å². The van der Waals surface area contributed by atoms with Crippen molar-refractivity contribution in [2.75, 3.05) is 19.6 Å². The van der Waals surface area contributed by atoms with Gasteiger partial charge in [-0.1, -0.05) is 26.8 Å². The van der Waals surface area contributed by atoms with E-state index in [0.717, 1.165) is 29.9 Å². The first-order valence-corrected chi connectivity index (χ1v) is 14.6. The third kappa shape index (κ3) is 7.32. The van der Waals surface area contributed by atoms with Crippen LogP contribution in [0.1, 0.15) is 66.4 Å². The lowest BCUT2D eigenvalue weighted by Crippen LogP contribution is -2.53. The molecule has 1 saturated carbocycles. The molecule has 1 aromatic rings. The zero-order chi connectivity index (χ0) is 29.6. The van der Waals surface area contributed by atoms with Gasteiger partial charge in [-0.05, 0) is 75.5 Å². The highest BCUT2D eigenvalue weighted by atomic mass is 32.2. The second kappa shape index (κ2) is 11.0. The molecule has 2 fully saturated rings. The highest BCUT2D eigenvalue weighted by molar-refractivity contribution is 7.89. The number of nitrogens with one attached hydrogen (secondary N) is 1. The van der Waals surface area contributed by atoms with E-state index in [1.165, 1.54) is 10.4 Å². The van der Waals surface area contributed by atoms with E-state index >= 15 is 0 Å². The second-order valence-corrected chi connectivity index (χ2v) is 14.9. The largest absolute Gasteiger partial charge is 0.465 e. The molecule has 2 aliphatic rings. The Kier molecular flexibility index (Phi) is 8.85. The van der Waals surface area contributed by atoms with Crippen LogP contribution in [0.15, 0.2) is 29.2 Å². The molecule has 0 radical (unpaired) electrons. The molecule has 3 rings (SSSR count). The number of nitrogens with zero attached hydrogens (tertiary/aromatic N) is 2. The highest BCUT2D eigenvalue weighted by Gasteiger charge is 2.47. The number of benzene rings is 1. The summed E-state index contributed by atoms with van der Waals surface area (Å²) in [5.74, 6) is -1.10. The SMILES string of the molecule is CC(C)(C)C[C@@H](CN[C@H]1CC[C@@H]2CN(S(=O)(=O)c3cccc(C(F)(F)F)c3)C[C@@H]21)C(=O)N(C(=O)O)C(C)(C)C. The van der Waals surface area contributed by atoms with Crippen LogP contribution in [0, 0.1) is 23.2 Å². The van der Waals surface area contributed by atoms with Crippen molar-refractivity contribution in [3.05, 3.63) is 29.8 Å². The van der Waals surface area contributed by atoms with E-state index in [4.69, 9.17) is 0 Å². The van der Waals surface area contributed by atoms with E-state index in [9.17, 15) is 36.3 Å². The molecule has 12 heteroatoms. The molecule has 1 aromatic carbocycles. The van der Waals surface area contributed by atoms with Gasteiger partial charge in [-0.15, -0.1) is 0 Å². The van der Waals surface area contributed by atoms with Gasteiger partial charge in [0.2, 0.25) is 15.9 Å². The van der Waals surface area contributed by atoms with Crippen LogP contribution in [0.5, 0.6) is 0 Å². The Balaban J connectivity index is 1.74. The summed E-state index contributed by atoms with van der Waals surface area (Å²) >= 11 is 0.